The number of hydrogen-bond donors (Lipinski definition) is 2. The van der Waals surface area contributed by atoms with Crippen LogP contribution in [0.1, 0.15) is 27.6 Å². The maximum atomic E-state index is 12.2. The minimum Gasteiger partial charge on any atom is -0.462 e. The number of carbonyl (C=O) groups excluding carboxylic acids is 2. The highest BCUT2D eigenvalue weighted by Gasteiger charge is 2.08. The van der Waals surface area contributed by atoms with Crippen LogP contribution < -0.4 is 10.6 Å². The van der Waals surface area contributed by atoms with Gasteiger partial charge in [0.25, 0.3) is 5.91 Å². The first-order valence-corrected chi connectivity index (χ1v) is 8.52. The van der Waals surface area contributed by atoms with E-state index in [4.69, 9.17) is 4.74 Å². The zero-order valence-corrected chi connectivity index (χ0v) is 14.8. The summed E-state index contributed by atoms with van der Waals surface area (Å²) in [5.74, 6) is 0.0186. The summed E-state index contributed by atoms with van der Waals surface area (Å²) in [6, 6.07) is 19.6. The molecule has 0 fully saturated rings. The SMILES string of the molecule is CCOC(=O)c1ccc(Nc2ccc(C(=O)Nc3ccccc3)cn2)cc1. The zero-order chi connectivity index (χ0) is 19.1. The van der Waals surface area contributed by atoms with E-state index in [1.54, 1.807) is 43.3 Å². The molecule has 0 aliphatic heterocycles. The van der Waals surface area contributed by atoms with Crippen molar-refractivity contribution in [1.29, 1.82) is 0 Å². The Labute approximate surface area is 157 Å². The van der Waals surface area contributed by atoms with Gasteiger partial charge in [-0.1, -0.05) is 18.2 Å². The van der Waals surface area contributed by atoms with Gasteiger partial charge in [-0.3, -0.25) is 4.79 Å². The molecule has 3 aromatic rings. The van der Waals surface area contributed by atoms with E-state index in [1.807, 2.05) is 30.3 Å². The van der Waals surface area contributed by atoms with Gasteiger partial charge < -0.3 is 15.4 Å². The number of nitrogens with one attached hydrogen (secondary N) is 2. The lowest BCUT2D eigenvalue weighted by molar-refractivity contribution is 0.0526. The van der Waals surface area contributed by atoms with Gasteiger partial charge in [0.2, 0.25) is 0 Å². The summed E-state index contributed by atoms with van der Waals surface area (Å²) in [6.45, 7) is 2.11. The minimum atomic E-state index is -0.351. The van der Waals surface area contributed by atoms with Crippen LogP contribution in [-0.2, 0) is 4.74 Å². The Kier molecular flexibility index (Phi) is 5.79. The fourth-order valence-electron chi connectivity index (χ4n) is 2.38. The molecule has 6 nitrogen and oxygen atoms in total. The fraction of sp³-hybridized carbons (Fsp3) is 0.0952. The molecule has 0 bridgehead atoms. The minimum absolute atomic E-state index is 0.223. The third kappa shape index (κ3) is 4.92. The smallest absolute Gasteiger partial charge is 0.338 e. The maximum absolute atomic E-state index is 12.2. The number of hydrogen-bond acceptors (Lipinski definition) is 5. The van der Waals surface area contributed by atoms with E-state index in [1.165, 1.54) is 6.20 Å². The summed E-state index contributed by atoms with van der Waals surface area (Å²) in [6.07, 6.45) is 1.51. The van der Waals surface area contributed by atoms with Gasteiger partial charge in [-0.15, -0.1) is 0 Å². The van der Waals surface area contributed by atoms with Gasteiger partial charge in [-0.05, 0) is 55.5 Å². The number of amides is 1. The summed E-state index contributed by atoms with van der Waals surface area (Å²) in [5, 5.41) is 5.93. The largest absolute Gasteiger partial charge is 0.462 e. The van der Waals surface area contributed by atoms with Crippen molar-refractivity contribution >= 4 is 29.1 Å². The predicted molar refractivity (Wildman–Crippen MR) is 104 cm³/mol. The van der Waals surface area contributed by atoms with E-state index in [0.717, 1.165) is 11.4 Å². The van der Waals surface area contributed by atoms with Crippen molar-refractivity contribution in [3.05, 3.63) is 84.1 Å². The lowest BCUT2D eigenvalue weighted by atomic mass is 10.2. The predicted octanol–water partition coefficient (Wildman–Crippen LogP) is 4.25. The topological polar surface area (TPSA) is 80.3 Å². The second-order valence-electron chi connectivity index (χ2n) is 5.68. The van der Waals surface area contributed by atoms with E-state index < -0.39 is 0 Å². The van der Waals surface area contributed by atoms with Crippen molar-refractivity contribution in [2.45, 2.75) is 6.92 Å². The number of anilines is 3. The second-order valence-corrected chi connectivity index (χ2v) is 5.68. The van der Waals surface area contributed by atoms with Crippen molar-refractivity contribution < 1.29 is 14.3 Å². The van der Waals surface area contributed by atoms with Gasteiger partial charge in [0.15, 0.2) is 0 Å². The van der Waals surface area contributed by atoms with Crippen LogP contribution in [0.5, 0.6) is 0 Å². The van der Waals surface area contributed by atoms with Crippen LogP contribution >= 0.6 is 0 Å². The lowest BCUT2D eigenvalue weighted by Crippen LogP contribution is -2.12. The average molecular weight is 361 g/mol. The van der Waals surface area contributed by atoms with Crippen LogP contribution in [0.4, 0.5) is 17.2 Å². The van der Waals surface area contributed by atoms with Crippen LogP contribution in [-0.4, -0.2) is 23.5 Å². The Morgan fingerprint density at radius 2 is 1.59 bits per heavy atom. The number of pyridine rings is 1. The van der Waals surface area contributed by atoms with Crippen LogP contribution in [0.2, 0.25) is 0 Å². The van der Waals surface area contributed by atoms with Crippen LogP contribution in [0.15, 0.2) is 72.9 Å². The second kappa shape index (κ2) is 8.62. The number of benzene rings is 2. The molecular formula is C21H19N3O3. The number of para-hydroxylation sites is 1. The van der Waals surface area contributed by atoms with Gasteiger partial charge in [-0.2, -0.15) is 0 Å². The molecule has 0 spiro atoms. The first-order chi connectivity index (χ1) is 13.2. The zero-order valence-electron chi connectivity index (χ0n) is 14.8. The Hall–Kier alpha value is -3.67. The molecule has 27 heavy (non-hydrogen) atoms. The number of aromatic nitrogens is 1. The summed E-state index contributed by atoms with van der Waals surface area (Å²) in [4.78, 5) is 28.1. The Morgan fingerprint density at radius 1 is 0.889 bits per heavy atom. The quantitative estimate of drug-likeness (QED) is 0.642. The van der Waals surface area contributed by atoms with Crippen molar-refractivity contribution in [1.82, 2.24) is 4.98 Å². The first-order valence-electron chi connectivity index (χ1n) is 8.52. The molecule has 0 aliphatic carbocycles. The first kappa shape index (κ1) is 18.1. The number of carbonyl (C=O) groups is 2. The number of ether oxygens (including phenoxy) is 1. The number of rotatable bonds is 6. The molecule has 0 saturated carbocycles. The Morgan fingerprint density at radius 3 is 2.22 bits per heavy atom. The fourth-order valence-corrected chi connectivity index (χ4v) is 2.38. The van der Waals surface area contributed by atoms with Crippen molar-refractivity contribution in [3.8, 4) is 0 Å². The molecule has 0 unspecified atom stereocenters. The summed E-state index contributed by atoms with van der Waals surface area (Å²) in [5.41, 5.74) is 2.45. The molecule has 1 heterocycles. The number of nitrogens with zero attached hydrogens (tertiary/aromatic N) is 1. The highest BCUT2D eigenvalue weighted by atomic mass is 16.5. The molecule has 0 aliphatic rings. The monoisotopic (exact) mass is 361 g/mol. The van der Waals surface area contributed by atoms with Crippen LogP contribution in [0, 0.1) is 0 Å². The van der Waals surface area contributed by atoms with Gasteiger partial charge in [-0.25, -0.2) is 9.78 Å². The molecule has 136 valence electrons. The van der Waals surface area contributed by atoms with Gasteiger partial charge >= 0.3 is 5.97 Å². The molecule has 0 atom stereocenters. The van der Waals surface area contributed by atoms with E-state index in [2.05, 4.69) is 15.6 Å². The van der Waals surface area contributed by atoms with Crippen LogP contribution in [0.3, 0.4) is 0 Å². The third-order valence-electron chi connectivity index (χ3n) is 3.73. The Balaban J connectivity index is 1.62. The molecule has 6 heteroatoms. The summed E-state index contributed by atoms with van der Waals surface area (Å²) >= 11 is 0. The molecule has 1 amide bonds. The molecule has 2 N–H and O–H groups in total. The number of esters is 1. The lowest BCUT2D eigenvalue weighted by Gasteiger charge is -2.08. The molecule has 2 aromatic carbocycles. The summed E-state index contributed by atoms with van der Waals surface area (Å²) < 4.78 is 4.95. The van der Waals surface area contributed by atoms with Crippen molar-refractivity contribution in [2.75, 3.05) is 17.2 Å². The van der Waals surface area contributed by atoms with Gasteiger partial charge in [0.05, 0.1) is 17.7 Å². The van der Waals surface area contributed by atoms with E-state index in [0.29, 0.717) is 23.6 Å². The van der Waals surface area contributed by atoms with Crippen LogP contribution in [0.25, 0.3) is 0 Å². The average Bonchev–Trinajstić information content (AvgIpc) is 2.70. The van der Waals surface area contributed by atoms with Gasteiger partial charge in [0, 0.05) is 17.6 Å². The molecule has 3 rings (SSSR count). The maximum Gasteiger partial charge on any atom is 0.338 e. The molecule has 0 saturated heterocycles. The molecule has 0 radical (unpaired) electrons. The normalized spacial score (nSPS) is 10.1. The Bertz CT molecular complexity index is 908. The highest BCUT2D eigenvalue weighted by molar-refractivity contribution is 6.04. The third-order valence-corrected chi connectivity index (χ3v) is 3.73. The van der Waals surface area contributed by atoms with Crippen molar-refractivity contribution in [2.24, 2.45) is 0 Å². The highest BCUT2D eigenvalue weighted by Crippen LogP contribution is 2.17. The van der Waals surface area contributed by atoms with E-state index in [-0.39, 0.29) is 11.9 Å². The molecule has 1 aromatic heterocycles. The van der Waals surface area contributed by atoms with E-state index >= 15 is 0 Å². The molecular weight excluding hydrogens is 342 g/mol. The van der Waals surface area contributed by atoms with Crippen molar-refractivity contribution in [3.63, 3.8) is 0 Å². The van der Waals surface area contributed by atoms with Gasteiger partial charge in [0.1, 0.15) is 5.82 Å². The standard InChI is InChI=1S/C21H19N3O3/c1-2-27-21(26)15-8-11-18(12-9-15)23-19-13-10-16(14-22-19)20(25)24-17-6-4-3-5-7-17/h3-14H,2H2,1H3,(H,22,23)(H,24,25). The van der Waals surface area contributed by atoms with E-state index in [9.17, 15) is 9.59 Å². The summed E-state index contributed by atoms with van der Waals surface area (Å²) in [7, 11) is 0.